The van der Waals surface area contributed by atoms with E-state index in [4.69, 9.17) is 0 Å². The van der Waals surface area contributed by atoms with Gasteiger partial charge in [0.25, 0.3) is 0 Å². The molecule has 78 valence electrons. The highest BCUT2D eigenvalue weighted by atomic mass is 19.4. The smallest absolute Gasteiger partial charge is 0.461 e. The van der Waals surface area contributed by atoms with Crippen molar-refractivity contribution >= 4 is 0 Å². The maximum absolute atomic E-state index is 12.5. The topological polar surface area (TPSA) is 30.2 Å². The maximum Gasteiger partial charge on any atom is 0.461 e. The van der Waals surface area contributed by atoms with Crippen LogP contribution in [-0.2, 0) is 5.92 Å². The second kappa shape index (κ2) is 3.07. The summed E-state index contributed by atoms with van der Waals surface area (Å²) in [5.74, 6) is -6.86. The van der Waals surface area contributed by atoms with Gasteiger partial charge in [0.1, 0.15) is 0 Å². The average Bonchev–Trinajstić information content (AvgIpc) is 2.02. The van der Waals surface area contributed by atoms with E-state index in [1.807, 2.05) is 0 Å². The molecule has 0 saturated heterocycles. The Kier molecular flexibility index (Phi) is 2.34. The Hall–Kier alpha value is -1.40. The standard InChI is InChI=1S/C7H3F5O2/c8-6(9,7(10,11)12)5-3-4(13)1-2-14-5/h1-3H. The zero-order valence-corrected chi connectivity index (χ0v) is 6.44. The number of halogens is 5. The van der Waals surface area contributed by atoms with Crippen LogP contribution in [0.3, 0.4) is 0 Å². The molecule has 0 spiro atoms. The minimum absolute atomic E-state index is 0.105. The Morgan fingerprint density at radius 1 is 1.14 bits per heavy atom. The van der Waals surface area contributed by atoms with E-state index in [-0.39, 0.29) is 6.07 Å². The van der Waals surface area contributed by atoms with Gasteiger partial charge in [-0.05, 0) is 0 Å². The second-order valence-electron chi connectivity index (χ2n) is 2.40. The van der Waals surface area contributed by atoms with Crippen LogP contribution in [-0.4, -0.2) is 6.18 Å². The molecule has 0 unspecified atom stereocenters. The first-order valence-corrected chi connectivity index (χ1v) is 3.29. The zero-order chi connectivity index (χ0) is 11.0. The van der Waals surface area contributed by atoms with Gasteiger partial charge in [-0.1, -0.05) is 0 Å². The van der Waals surface area contributed by atoms with Crippen LogP contribution in [0.25, 0.3) is 0 Å². The first-order valence-electron chi connectivity index (χ1n) is 3.29. The quantitative estimate of drug-likeness (QED) is 0.671. The summed E-state index contributed by atoms with van der Waals surface area (Å²) in [7, 11) is 0. The molecule has 0 aromatic carbocycles. The molecule has 0 aliphatic carbocycles. The number of hydrogen-bond acceptors (Lipinski definition) is 2. The predicted octanol–water partition coefficient (Wildman–Crippen LogP) is 2.29. The lowest BCUT2D eigenvalue weighted by molar-refractivity contribution is -0.296. The van der Waals surface area contributed by atoms with Crippen molar-refractivity contribution in [3.63, 3.8) is 0 Å². The van der Waals surface area contributed by atoms with E-state index < -0.39 is 23.3 Å². The van der Waals surface area contributed by atoms with Crippen molar-refractivity contribution in [2.45, 2.75) is 12.1 Å². The van der Waals surface area contributed by atoms with E-state index in [9.17, 15) is 26.7 Å². The molecule has 0 bridgehead atoms. The van der Waals surface area contributed by atoms with Crippen LogP contribution >= 0.6 is 0 Å². The van der Waals surface area contributed by atoms with Crippen molar-refractivity contribution in [2.75, 3.05) is 0 Å². The van der Waals surface area contributed by atoms with Gasteiger partial charge in [0.05, 0.1) is 6.26 Å². The Morgan fingerprint density at radius 2 is 1.71 bits per heavy atom. The highest BCUT2D eigenvalue weighted by Gasteiger charge is 2.60. The van der Waals surface area contributed by atoms with E-state index in [1.165, 1.54) is 0 Å². The summed E-state index contributed by atoms with van der Waals surface area (Å²) in [6.07, 6.45) is -5.29. The summed E-state index contributed by atoms with van der Waals surface area (Å²) in [6, 6.07) is 0.837. The van der Waals surface area contributed by atoms with Crippen molar-refractivity contribution in [1.29, 1.82) is 0 Å². The Bertz CT molecular complexity index is 378. The molecule has 0 aliphatic rings. The monoisotopic (exact) mass is 214 g/mol. The van der Waals surface area contributed by atoms with Gasteiger partial charge in [0, 0.05) is 12.1 Å². The third kappa shape index (κ3) is 1.75. The van der Waals surface area contributed by atoms with Crippen LogP contribution in [0.4, 0.5) is 22.0 Å². The molecule has 0 atom stereocenters. The molecule has 14 heavy (non-hydrogen) atoms. The Morgan fingerprint density at radius 3 is 2.14 bits per heavy atom. The largest absolute Gasteiger partial charge is 0.462 e. The third-order valence-corrected chi connectivity index (χ3v) is 1.37. The summed E-state index contributed by atoms with van der Waals surface area (Å²) in [5, 5.41) is 0. The lowest BCUT2D eigenvalue weighted by atomic mass is 10.2. The van der Waals surface area contributed by atoms with Crippen LogP contribution in [0.2, 0.25) is 0 Å². The van der Waals surface area contributed by atoms with Crippen LogP contribution < -0.4 is 5.43 Å². The average molecular weight is 214 g/mol. The van der Waals surface area contributed by atoms with Crippen LogP contribution in [0.5, 0.6) is 0 Å². The molecule has 1 aromatic rings. The van der Waals surface area contributed by atoms with Crippen LogP contribution in [0.15, 0.2) is 27.6 Å². The molecule has 0 amide bonds. The first kappa shape index (κ1) is 10.7. The minimum atomic E-state index is -5.77. The summed E-state index contributed by atoms with van der Waals surface area (Å²) in [6.45, 7) is 0. The van der Waals surface area contributed by atoms with Gasteiger partial charge in [-0.15, -0.1) is 0 Å². The molecule has 7 heteroatoms. The summed E-state index contributed by atoms with van der Waals surface area (Å²) < 4.78 is 64.1. The van der Waals surface area contributed by atoms with Gasteiger partial charge in [0.15, 0.2) is 11.2 Å². The minimum Gasteiger partial charge on any atom is -0.462 e. The van der Waals surface area contributed by atoms with Gasteiger partial charge in [-0.3, -0.25) is 4.79 Å². The van der Waals surface area contributed by atoms with Crippen molar-refractivity contribution in [3.05, 3.63) is 34.4 Å². The van der Waals surface area contributed by atoms with E-state index in [2.05, 4.69) is 4.42 Å². The summed E-state index contributed by atoms with van der Waals surface area (Å²) in [4.78, 5) is 10.5. The molecule has 0 radical (unpaired) electrons. The van der Waals surface area contributed by atoms with E-state index in [0.29, 0.717) is 6.26 Å². The molecular weight excluding hydrogens is 211 g/mol. The zero-order valence-electron chi connectivity index (χ0n) is 6.44. The first-order chi connectivity index (χ1) is 6.25. The fourth-order valence-electron chi connectivity index (χ4n) is 0.690. The fourth-order valence-corrected chi connectivity index (χ4v) is 0.690. The molecule has 2 nitrogen and oxygen atoms in total. The molecule has 1 rings (SSSR count). The fraction of sp³-hybridized carbons (Fsp3) is 0.286. The number of alkyl halides is 5. The van der Waals surface area contributed by atoms with Gasteiger partial charge in [-0.2, -0.15) is 22.0 Å². The molecule has 1 heterocycles. The normalized spacial score (nSPS) is 12.9. The summed E-state index contributed by atoms with van der Waals surface area (Å²) in [5.41, 5.74) is -0.977. The highest BCUT2D eigenvalue weighted by molar-refractivity contribution is 5.08. The molecular formula is C7H3F5O2. The number of hydrogen-bond donors (Lipinski definition) is 0. The molecule has 1 aromatic heterocycles. The molecule has 0 fully saturated rings. The highest BCUT2D eigenvalue weighted by Crippen LogP contribution is 2.43. The number of rotatable bonds is 1. The van der Waals surface area contributed by atoms with E-state index in [0.717, 1.165) is 6.07 Å². The Balaban J connectivity index is 3.23. The second-order valence-corrected chi connectivity index (χ2v) is 2.40. The third-order valence-electron chi connectivity index (χ3n) is 1.37. The lowest BCUT2D eigenvalue weighted by Crippen LogP contribution is -2.34. The molecule has 0 aliphatic heterocycles. The van der Waals surface area contributed by atoms with E-state index >= 15 is 0 Å². The van der Waals surface area contributed by atoms with Crippen LogP contribution in [0, 0.1) is 0 Å². The van der Waals surface area contributed by atoms with Gasteiger partial charge < -0.3 is 4.42 Å². The molecule has 0 saturated carbocycles. The summed E-state index contributed by atoms with van der Waals surface area (Å²) >= 11 is 0. The van der Waals surface area contributed by atoms with Gasteiger partial charge in [0.2, 0.25) is 0 Å². The van der Waals surface area contributed by atoms with Gasteiger partial charge >= 0.3 is 12.1 Å². The van der Waals surface area contributed by atoms with Crippen molar-refractivity contribution in [1.82, 2.24) is 0 Å². The van der Waals surface area contributed by atoms with E-state index in [1.54, 1.807) is 0 Å². The maximum atomic E-state index is 12.5. The van der Waals surface area contributed by atoms with Gasteiger partial charge in [-0.25, -0.2) is 0 Å². The molecule has 0 N–H and O–H groups in total. The van der Waals surface area contributed by atoms with Crippen molar-refractivity contribution in [2.24, 2.45) is 0 Å². The van der Waals surface area contributed by atoms with Crippen LogP contribution in [0.1, 0.15) is 5.76 Å². The van der Waals surface area contributed by atoms with Crippen molar-refractivity contribution in [3.8, 4) is 0 Å². The Labute approximate surface area is 74.0 Å². The lowest BCUT2D eigenvalue weighted by Gasteiger charge is -2.17. The van der Waals surface area contributed by atoms with Crippen molar-refractivity contribution < 1.29 is 26.4 Å². The SMILES string of the molecule is O=c1ccoc(C(F)(F)C(F)(F)F)c1. The predicted molar refractivity (Wildman–Crippen MR) is 34.9 cm³/mol.